The average Bonchev–Trinajstić information content (AvgIpc) is 3.50. The van der Waals surface area contributed by atoms with Crippen LogP contribution in [0, 0.1) is 6.92 Å². The molecular formula is C27H20ClF2N3O4S. The summed E-state index contributed by atoms with van der Waals surface area (Å²) >= 11 is 7.42. The SMILES string of the molecule is Cc1ccc([C@H]2CC(c3c(-c4ccc(Cl)cc4)c4ccsc4[nH]c3=O)=NN2C(=O)C(F)(F)CC(=O)O)cc1. The summed E-state index contributed by atoms with van der Waals surface area (Å²) in [5, 5.41) is 16.9. The van der Waals surface area contributed by atoms with E-state index in [1.54, 1.807) is 48.5 Å². The van der Waals surface area contributed by atoms with Gasteiger partial charge in [0.25, 0.3) is 5.56 Å². The second kappa shape index (κ2) is 9.77. The van der Waals surface area contributed by atoms with Crippen molar-refractivity contribution in [1.29, 1.82) is 0 Å². The molecule has 0 radical (unpaired) electrons. The maximum absolute atomic E-state index is 14.7. The molecule has 0 unspecified atom stereocenters. The molecule has 1 atom stereocenters. The Morgan fingerprint density at radius 1 is 1.13 bits per heavy atom. The number of rotatable bonds is 6. The smallest absolute Gasteiger partial charge is 0.337 e. The van der Waals surface area contributed by atoms with Crippen LogP contribution in [0.25, 0.3) is 21.3 Å². The number of carboxylic acid groups (broad SMARTS) is 1. The van der Waals surface area contributed by atoms with E-state index in [4.69, 9.17) is 16.7 Å². The van der Waals surface area contributed by atoms with Crippen LogP contribution in [0.1, 0.15) is 35.6 Å². The Morgan fingerprint density at radius 3 is 2.47 bits per heavy atom. The fourth-order valence-corrected chi connectivity index (χ4v) is 5.45. The minimum absolute atomic E-state index is 0.0305. The average molecular weight is 556 g/mol. The first-order valence-corrected chi connectivity index (χ1v) is 12.8. The normalized spacial score (nSPS) is 15.6. The molecule has 0 saturated carbocycles. The molecule has 1 aliphatic rings. The fourth-order valence-electron chi connectivity index (χ4n) is 4.54. The summed E-state index contributed by atoms with van der Waals surface area (Å²) in [7, 11) is 0. The first-order valence-electron chi connectivity index (χ1n) is 11.5. The van der Waals surface area contributed by atoms with E-state index in [-0.39, 0.29) is 17.7 Å². The van der Waals surface area contributed by atoms with Gasteiger partial charge in [0.15, 0.2) is 0 Å². The lowest BCUT2D eigenvalue weighted by Gasteiger charge is -2.25. The predicted molar refractivity (Wildman–Crippen MR) is 142 cm³/mol. The van der Waals surface area contributed by atoms with Gasteiger partial charge in [0.05, 0.1) is 17.3 Å². The highest BCUT2D eigenvalue weighted by Crippen LogP contribution is 2.39. The lowest BCUT2D eigenvalue weighted by atomic mass is 9.92. The number of pyridine rings is 1. The van der Waals surface area contributed by atoms with Crippen molar-refractivity contribution in [3.8, 4) is 11.1 Å². The van der Waals surface area contributed by atoms with Gasteiger partial charge in [0.1, 0.15) is 11.3 Å². The number of nitrogens with zero attached hydrogens (tertiary/aromatic N) is 2. The molecule has 2 N–H and O–H groups in total. The number of fused-ring (bicyclic) bond motifs is 1. The number of H-pyrrole nitrogens is 1. The van der Waals surface area contributed by atoms with Crippen LogP contribution >= 0.6 is 22.9 Å². The highest BCUT2D eigenvalue weighted by atomic mass is 35.5. The molecule has 11 heteroatoms. The van der Waals surface area contributed by atoms with E-state index in [2.05, 4.69) is 10.1 Å². The summed E-state index contributed by atoms with van der Waals surface area (Å²) in [6.45, 7) is 1.86. The summed E-state index contributed by atoms with van der Waals surface area (Å²) in [4.78, 5) is 40.9. The van der Waals surface area contributed by atoms with Crippen molar-refractivity contribution < 1.29 is 23.5 Å². The van der Waals surface area contributed by atoms with Gasteiger partial charge in [-0.05, 0) is 41.6 Å². The Morgan fingerprint density at radius 2 is 1.82 bits per heavy atom. The molecule has 0 bridgehead atoms. The largest absolute Gasteiger partial charge is 0.481 e. The number of amides is 1. The van der Waals surface area contributed by atoms with Gasteiger partial charge in [-0.25, -0.2) is 5.01 Å². The Bertz CT molecular complexity index is 1650. The molecule has 2 aromatic carbocycles. The number of nitrogens with one attached hydrogen (secondary N) is 1. The third-order valence-corrected chi connectivity index (χ3v) is 7.41. The Hall–Kier alpha value is -3.89. The molecule has 0 saturated heterocycles. The van der Waals surface area contributed by atoms with Crippen LogP contribution in [0.2, 0.25) is 5.02 Å². The van der Waals surface area contributed by atoms with E-state index < -0.39 is 35.8 Å². The van der Waals surface area contributed by atoms with Crippen molar-refractivity contribution in [3.05, 3.63) is 92.0 Å². The van der Waals surface area contributed by atoms with E-state index in [0.717, 1.165) is 10.9 Å². The van der Waals surface area contributed by atoms with Crippen molar-refractivity contribution in [1.82, 2.24) is 9.99 Å². The van der Waals surface area contributed by atoms with Gasteiger partial charge < -0.3 is 10.1 Å². The number of aryl methyl sites for hydroxylation is 1. The Balaban J connectivity index is 1.70. The molecule has 38 heavy (non-hydrogen) atoms. The van der Waals surface area contributed by atoms with Crippen LogP contribution in [0.15, 0.2) is 69.9 Å². The van der Waals surface area contributed by atoms with Crippen molar-refractivity contribution >= 4 is 50.7 Å². The van der Waals surface area contributed by atoms with Gasteiger partial charge in [-0.3, -0.25) is 14.4 Å². The van der Waals surface area contributed by atoms with Crippen LogP contribution in [0.3, 0.4) is 0 Å². The molecule has 1 amide bonds. The molecule has 0 fully saturated rings. The number of aromatic amines is 1. The molecule has 0 aliphatic carbocycles. The summed E-state index contributed by atoms with van der Waals surface area (Å²) in [5.41, 5.74) is 2.44. The maximum Gasteiger partial charge on any atom is 0.337 e. The van der Waals surface area contributed by atoms with Crippen LogP contribution in [-0.2, 0) is 9.59 Å². The van der Waals surface area contributed by atoms with E-state index in [0.29, 0.717) is 31.6 Å². The number of hydrazone groups is 1. The number of thiophene rings is 1. The van der Waals surface area contributed by atoms with Crippen molar-refractivity contribution in [2.75, 3.05) is 0 Å². The Kier molecular flexibility index (Phi) is 6.62. The highest BCUT2D eigenvalue weighted by molar-refractivity contribution is 7.16. The molecule has 5 rings (SSSR count). The summed E-state index contributed by atoms with van der Waals surface area (Å²) < 4.78 is 29.4. The van der Waals surface area contributed by atoms with E-state index in [1.807, 2.05) is 18.4 Å². The summed E-state index contributed by atoms with van der Waals surface area (Å²) in [5.74, 6) is -7.76. The quantitative estimate of drug-likeness (QED) is 0.304. The molecule has 4 aromatic rings. The second-order valence-electron chi connectivity index (χ2n) is 8.98. The first-order chi connectivity index (χ1) is 18.0. The fraction of sp³-hybridized carbons (Fsp3) is 0.185. The van der Waals surface area contributed by atoms with Gasteiger partial charge >= 0.3 is 17.8 Å². The number of carbonyl (C=O) groups excluding carboxylic acids is 1. The number of halogens is 3. The zero-order chi connectivity index (χ0) is 27.2. The van der Waals surface area contributed by atoms with Gasteiger partial charge in [0.2, 0.25) is 0 Å². The van der Waals surface area contributed by atoms with Gasteiger partial charge in [-0.15, -0.1) is 11.3 Å². The zero-order valence-corrected chi connectivity index (χ0v) is 21.4. The molecule has 1 aliphatic heterocycles. The number of carbonyl (C=O) groups is 2. The number of hydrogen-bond acceptors (Lipinski definition) is 5. The van der Waals surface area contributed by atoms with Gasteiger partial charge in [0, 0.05) is 22.4 Å². The highest BCUT2D eigenvalue weighted by Gasteiger charge is 2.49. The molecule has 2 aromatic heterocycles. The van der Waals surface area contributed by atoms with Crippen molar-refractivity contribution in [3.63, 3.8) is 0 Å². The molecule has 3 heterocycles. The van der Waals surface area contributed by atoms with Crippen LogP contribution in [0.4, 0.5) is 8.78 Å². The summed E-state index contributed by atoms with van der Waals surface area (Å²) in [6.07, 6.45) is -1.71. The zero-order valence-electron chi connectivity index (χ0n) is 19.9. The molecular weight excluding hydrogens is 536 g/mol. The minimum Gasteiger partial charge on any atom is -0.481 e. The van der Waals surface area contributed by atoms with E-state index >= 15 is 0 Å². The van der Waals surface area contributed by atoms with E-state index in [1.165, 1.54) is 11.3 Å². The number of aliphatic carboxylic acids is 1. The third-order valence-electron chi connectivity index (χ3n) is 6.33. The van der Waals surface area contributed by atoms with Crippen molar-refractivity contribution in [2.45, 2.75) is 31.7 Å². The predicted octanol–water partition coefficient (Wildman–Crippen LogP) is 6.01. The third kappa shape index (κ3) is 4.72. The monoisotopic (exact) mass is 555 g/mol. The van der Waals surface area contributed by atoms with Gasteiger partial charge in [-0.2, -0.15) is 13.9 Å². The number of alkyl halides is 2. The molecule has 0 spiro atoms. The van der Waals surface area contributed by atoms with Crippen LogP contribution < -0.4 is 5.56 Å². The Labute approximate surface area is 224 Å². The standard InChI is InChI=1S/C27H20ClF2N3O4S/c1-14-2-4-15(5-3-14)20-12-19(32-33(20)26(37)27(29,30)13-21(34)35)23-22(16-6-8-17(28)9-7-16)18-10-11-38-25(18)31-24(23)36/h2-11,20H,12-13H2,1H3,(H,31,36)(H,34,35)/t20-/m1/s1. The second-order valence-corrected chi connectivity index (χ2v) is 10.3. The lowest BCUT2D eigenvalue weighted by Crippen LogP contribution is -2.42. The number of aromatic nitrogens is 1. The maximum atomic E-state index is 14.7. The first kappa shape index (κ1) is 25.7. The van der Waals surface area contributed by atoms with Crippen LogP contribution in [-0.4, -0.2) is 38.6 Å². The van der Waals surface area contributed by atoms with E-state index in [9.17, 15) is 23.2 Å². The minimum atomic E-state index is -4.20. The number of benzene rings is 2. The van der Waals surface area contributed by atoms with Gasteiger partial charge in [-0.1, -0.05) is 53.6 Å². The van der Waals surface area contributed by atoms with Crippen LogP contribution in [0.5, 0.6) is 0 Å². The lowest BCUT2D eigenvalue weighted by molar-refractivity contribution is -0.167. The molecule has 194 valence electrons. The topological polar surface area (TPSA) is 103 Å². The molecule has 7 nitrogen and oxygen atoms in total. The number of carboxylic acids is 1. The van der Waals surface area contributed by atoms with Crippen molar-refractivity contribution in [2.24, 2.45) is 5.10 Å². The summed E-state index contributed by atoms with van der Waals surface area (Å²) in [6, 6.07) is 14.6. The number of hydrogen-bond donors (Lipinski definition) is 2.